The Morgan fingerprint density at radius 3 is 2.67 bits per heavy atom. The summed E-state index contributed by atoms with van der Waals surface area (Å²) in [5, 5.41) is 2.92. The second-order valence-electron chi connectivity index (χ2n) is 8.14. The number of ether oxygens (including phenoxy) is 1. The number of amides is 1. The number of hydrogen-bond acceptors (Lipinski definition) is 6. The van der Waals surface area contributed by atoms with Crippen LogP contribution >= 0.6 is 0 Å². The van der Waals surface area contributed by atoms with Gasteiger partial charge < -0.3 is 10.1 Å². The molecule has 160 valence electrons. The molecule has 2 aromatic rings. The molecule has 0 radical (unpaired) electrons. The van der Waals surface area contributed by atoms with Crippen LogP contribution in [0.1, 0.15) is 33.1 Å². The molecule has 2 aliphatic heterocycles. The summed E-state index contributed by atoms with van der Waals surface area (Å²) in [6.07, 6.45) is 5.34. The highest BCUT2D eigenvalue weighted by Crippen LogP contribution is 2.42. The Labute approximate surface area is 176 Å². The molecule has 0 unspecified atom stereocenters. The van der Waals surface area contributed by atoms with E-state index in [1.165, 1.54) is 16.6 Å². The highest BCUT2D eigenvalue weighted by atomic mass is 32.2. The summed E-state index contributed by atoms with van der Waals surface area (Å²) in [4.78, 5) is 21.3. The van der Waals surface area contributed by atoms with Crippen molar-refractivity contribution in [2.45, 2.75) is 50.3 Å². The van der Waals surface area contributed by atoms with Gasteiger partial charge in [-0.2, -0.15) is 4.31 Å². The molecule has 9 heteroatoms. The lowest BCUT2D eigenvalue weighted by atomic mass is 9.73. The van der Waals surface area contributed by atoms with Gasteiger partial charge in [0.2, 0.25) is 11.8 Å². The van der Waals surface area contributed by atoms with E-state index in [0.29, 0.717) is 31.0 Å². The number of carbonyl (C=O) groups excluding carboxylic acids is 1. The average molecular weight is 431 g/mol. The molecule has 1 N–H and O–H groups in total. The molecule has 8 nitrogen and oxygen atoms in total. The van der Waals surface area contributed by atoms with Gasteiger partial charge >= 0.3 is 0 Å². The summed E-state index contributed by atoms with van der Waals surface area (Å²) < 4.78 is 33.3. The second kappa shape index (κ2) is 8.31. The minimum absolute atomic E-state index is 0.0165. The van der Waals surface area contributed by atoms with Crippen LogP contribution in [0.2, 0.25) is 0 Å². The van der Waals surface area contributed by atoms with Crippen molar-refractivity contribution >= 4 is 21.6 Å². The molecule has 1 saturated carbocycles. The largest absolute Gasteiger partial charge is 0.475 e. The third kappa shape index (κ3) is 4.17. The molecular weight excluding hydrogens is 404 g/mol. The quantitative estimate of drug-likeness (QED) is 0.756. The molecule has 30 heavy (non-hydrogen) atoms. The second-order valence-corrected chi connectivity index (χ2v) is 9.97. The lowest BCUT2D eigenvalue weighted by molar-refractivity contribution is -0.125. The molecule has 1 amide bonds. The Bertz CT molecular complexity index is 995. The maximum Gasteiger partial charge on any atom is 0.260 e. The van der Waals surface area contributed by atoms with Crippen LogP contribution < -0.4 is 10.1 Å². The van der Waals surface area contributed by atoms with E-state index >= 15 is 0 Å². The van der Waals surface area contributed by atoms with Gasteiger partial charge in [-0.25, -0.2) is 18.4 Å². The van der Waals surface area contributed by atoms with Gasteiger partial charge in [-0.1, -0.05) is 6.07 Å². The van der Waals surface area contributed by atoms with Gasteiger partial charge in [0.1, 0.15) is 0 Å². The monoisotopic (exact) mass is 430 g/mol. The Morgan fingerprint density at radius 1 is 1.20 bits per heavy atom. The molecule has 0 spiro atoms. The Kier molecular flexibility index (Phi) is 5.75. The van der Waals surface area contributed by atoms with Gasteiger partial charge in [0.05, 0.1) is 23.9 Å². The van der Waals surface area contributed by atoms with Gasteiger partial charge in [0.25, 0.3) is 10.0 Å². The molecule has 3 atom stereocenters. The van der Waals surface area contributed by atoms with Gasteiger partial charge in [0.15, 0.2) is 5.03 Å². The number of nitrogens with one attached hydrogen (secondary N) is 1. The topological polar surface area (TPSA) is 101 Å². The van der Waals surface area contributed by atoms with Crippen molar-refractivity contribution in [1.82, 2.24) is 14.3 Å². The number of hydrogen-bond donors (Lipinski definition) is 1. The van der Waals surface area contributed by atoms with E-state index in [2.05, 4.69) is 15.3 Å². The van der Waals surface area contributed by atoms with E-state index in [9.17, 15) is 13.2 Å². The summed E-state index contributed by atoms with van der Waals surface area (Å²) in [7, 11) is -3.74. The first-order valence-corrected chi connectivity index (χ1v) is 11.6. The van der Waals surface area contributed by atoms with Crippen LogP contribution in [0.15, 0.2) is 47.8 Å². The van der Waals surface area contributed by atoms with E-state index in [-0.39, 0.29) is 29.0 Å². The summed E-state index contributed by atoms with van der Waals surface area (Å²) >= 11 is 0. The summed E-state index contributed by atoms with van der Waals surface area (Å²) in [5.74, 6) is 0.0871. The molecule has 5 rings (SSSR count). The van der Waals surface area contributed by atoms with Crippen LogP contribution in [-0.4, -0.2) is 47.3 Å². The first-order chi connectivity index (χ1) is 14.3. The predicted octanol–water partition coefficient (Wildman–Crippen LogP) is 2.69. The number of pyridine rings is 2. The lowest BCUT2D eigenvalue weighted by Gasteiger charge is -2.48. The maximum absolute atomic E-state index is 13.1. The number of carbonyl (C=O) groups is 1. The Hall–Kier alpha value is -2.52. The van der Waals surface area contributed by atoms with E-state index in [0.717, 1.165) is 6.42 Å². The van der Waals surface area contributed by atoms with Gasteiger partial charge in [-0.15, -0.1) is 0 Å². The minimum Gasteiger partial charge on any atom is -0.475 e. The number of piperidine rings is 2. The van der Waals surface area contributed by atoms with Crippen molar-refractivity contribution < 1.29 is 17.9 Å². The van der Waals surface area contributed by atoms with E-state index in [1.807, 2.05) is 13.8 Å². The molecule has 2 bridgehead atoms. The first-order valence-electron chi connectivity index (χ1n) is 10.2. The molecule has 2 aromatic heterocycles. The van der Waals surface area contributed by atoms with E-state index in [1.54, 1.807) is 30.5 Å². The number of nitrogens with zero attached hydrogens (tertiary/aromatic N) is 3. The molecular formula is C21H26N4O4S. The van der Waals surface area contributed by atoms with Crippen LogP contribution in [0.25, 0.3) is 0 Å². The molecule has 1 aliphatic carbocycles. The van der Waals surface area contributed by atoms with Crippen molar-refractivity contribution in [2.24, 2.45) is 11.8 Å². The summed E-state index contributed by atoms with van der Waals surface area (Å²) in [6.45, 7) is 4.27. The molecule has 4 heterocycles. The first kappa shape index (κ1) is 20.7. The van der Waals surface area contributed by atoms with Crippen molar-refractivity contribution in [3.8, 4) is 5.88 Å². The van der Waals surface area contributed by atoms with Crippen LogP contribution in [0.5, 0.6) is 5.88 Å². The number of sulfonamides is 1. The highest BCUT2D eigenvalue weighted by Gasteiger charge is 2.48. The standard InChI is InChI=1S/C21H26N4O4S/c1-14(2)29-19-9-7-16(12-23-19)24-21(26)17-11-15-6-8-18(17)25(13-15)30(27,28)20-5-3-4-10-22-20/h3-5,7,9-10,12,14-15,17-18H,6,8,11,13H2,1-2H3,(H,24,26)/t15-,17+,18+/m0/s1. The van der Waals surface area contributed by atoms with Gasteiger partial charge in [-0.05, 0) is 57.2 Å². The summed E-state index contributed by atoms with van der Waals surface area (Å²) in [6, 6.07) is 7.93. The summed E-state index contributed by atoms with van der Waals surface area (Å²) in [5.41, 5.74) is 0.566. The molecule has 3 fully saturated rings. The Balaban J connectivity index is 1.50. The number of anilines is 1. The van der Waals surface area contributed by atoms with Crippen molar-refractivity contribution in [1.29, 1.82) is 0 Å². The van der Waals surface area contributed by atoms with E-state index in [4.69, 9.17) is 4.74 Å². The SMILES string of the molecule is CC(C)Oc1ccc(NC(=O)[C@@H]2C[C@@H]3CC[C@H]2N(S(=O)(=O)c2ccccn2)C3)cn1. The van der Waals surface area contributed by atoms with Crippen LogP contribution in [0.4, 0.5) is 5.69 Å². The third-order valence-corrected chi connectivity index (χ3v) is 7.45. The van der Waals surface area contributed by atoms with Crippen molar-refractivity contribution in [2.75, 3.05) is 11.9 Å². The fourth-order valence-corrected chi connectivity index (χ4v) is 6.02. The molecule has 0 aromatic carbocycles. The molecule has 2 saturated heterocycles. The zero-order valence-corrected chi connectivity index (χ0v) is 17.9. The van der Waals surface area contributed by atoms with Crippen LogP contribution in [-0.2, 0) is 14.8 Å². The highest BCUT2D eigenvalue weighted by molar-refractivity contribution is 7.89. The smallest absolute Gasteiger partial charge is 0.260 e. The normalized spacial score (nSPS) is 24.0. The van der Waals surface area contributed by atoms with Crippen LogP contribution in [0, 0.1) is 11.8 Å². The van der Waals surface area contributed by atoms with Crippen molar-refractivity contribution in [3.63, 3.8) is 0 Å². The van der Waals surface area contributed by atoms with Crippen molar-refractivity contribution in [3.05, 3.63) is 42.7 Å². The number of fused-ring (bicyclic) bond motifs is 3. The van der Waals surface area contributed by atoms with Gasteiger partial charge in [0, 0.05) is 24.8 Å². The minimum atomic E-state index is -3.74. The van der Waals surface area contributed by atoms with Gasteiger partial charge in [-0.3, -0.25) is 4.79 Å². The average Bonchev–Trinajstić information content (AvgIpc) is 2.75. The Morgan fingerprint density at radius 2 is 2.03 bits per heavy atom. The fourth-order valence-electron chi connectivity index (χ4n) is 4.32. The lowest BCUT2D eigenvalue weighted by Crippen LogP contribution is -2.57. The fraction of sp³-hybridized carbons (Fsp3) is 0.476. The number of aromatic nitrogens is 2. The van der Waals surface area contributed by atoms with Crippen LogP contribution in [0.3, 0.4) is 0 Å². The molecule has 3 aliphatic rings. The zero-order chi connectivity index (χ0) is 21.3. The maximum atomic E-state index is 13.1. The predicted molar refractivity (Wildman–Crippen MR) is 111 cm³/mol. The van der Waals surface area contributed by atoms with E-state index < -0.39 is 15.9 Å². The number of rotatable bonds is 6. The third-order valence-electron chi connectivity index (χ3n) is 5.64. The zero-order valence-electron chi connectivity index (χ0n) is 17.1.